The van der Waals surface area contributed by atoms with Crippen LogP contribution < -0.4 is 0 Å². The van der Waals surface area contributed by atoms with E-state index in [0.717, 1.165) is 0 Å². The van der Waals surface area contributed by atoms with Crippen molar-refractivity contribution in [2.45, 2.75) is 13.8 Å². The van der Waals surface area contributed by atoms with Crippen LogP contribution in [-0.2, 0) is 4.79 Å². The zero-order chi connectivity index (χ0) is 6.28. The third-order valence-electron chi connectivity index (χ3n) is 0.128. The number of hydrogen-bond donors (Lipinski definition) is 0. The molecule has 0 fully saturated rings. The van der Waals surface area contributed by atoms with Crippen LogP contribution >= 0.6 is 15.9 Å². The van der Waals surface area contributed by atoms with Crippen molar-refractivity contribution in [1.82, 2.24) is 0 Å². The second kappa shape index (κ2) is 9.31. The summed E-state index contributed by atoms with van der Waals surface area (Å²) in [5, 5.41) is 0. The van der Waals surface area contributed by atoms with Crippen molar-refractivity contribution in [2.24, 2.45) is 0 Å². The third kappa shape index (κ3) is 25.0. The maximum atomic E-state index is 9.36. The highest BCUT2D eigenvalue weighted by Gasteiger charge is 1.69. The van der Waals surface area contributed by atoms with Crippen molar-refractivity contribution >= 4 is 22.2 Å². The molecule has 1 nitrogen and oxygen atoms in total. The Morgan fingerprint density at radius 3 is 1.86 bits per heavy atom. The monoisotopic (exact) mass is 164 g/mol. The van der Waals surface area contributed by atoms with E-state index in [0.29, 0.717) is 10.8 Å². The molecule has 0 N–H and O–H groups in total. The van der Waals surface area contributed by atoms with Crippen LogP contribution in [0.5, 0.6) is 0 Å². The zero-order valence-corrected chi connectivity index (χ0v) is 6.16. The maximum absolute atomic E-state index is 9.36. The maximum Gasteiger partial charge on any atom is 0.156 e. The van der Waals surface area contributed by atoms with E-state index in [4.69, 9.17) is 0 Å². The van der Waals surface area contributed by atoms with E-state index in [1.54, 1.807) is 0 Å². The molecule has 0 aromatic carbocycles. The molecule has 0 atom stereocenters. The van der Waals surface area contributed by atoms with E-state index >= 15 is 0 Å². The van der Waals surface area contributed by atoms with Crippen molar-refractivity contribution in [2.75, 3.05) is 0 Å². The first-order valence-electron chi connectivity index (χ1n) is 2.07. The average molecular weight is 165 g/mol. The van der Waals surface area contributed by atoms with Gasteiger partial charge in [-0.25, -0.2) is 0 Å². The van der Waals surface area contributed by atoms with Gasteiger partial charge in [0.15, 0.2) is 6.29 Å². The lowest BCUT2D eigenvalue weighted by Crippen LogP contribution is -1.59. The normalized spacial score (nSPS) is 5.57. The zero-order valence-electron chi connectivity index (χ0n) is 4.57. The first kappa shape index (κ1) is 10.00. The van der Waals surface area contributed by atoms with Crippen molar-refractivity contribution in [3.63, 3.8) is 0 Å². The smallest absolute Gasteiger partial charge is 0.156 e. The second-order valence-corrected chi connectivity index (χ2v) is 1.58. The lowest BCUT2D eigenvalue weighted by Gasteiger charge is -1.62. The van der Waals surface area contributed by atoms with E-state index in [-0.39, 0.29) is 0 Å². The molecule has 0 aliphatic heterocycles. The SMILES string of the molecule is C=C(Br)C=O.CC. The van der Waals surface area contributed by atoms with Gasteiger partial charge in [0.1, 0.15) is 0 Å². The summed E-state index contributed by atoms with van der Waals surface area (Å²) in [5.74, 6) is 0. The molecule has 0 aromatic rings. The summed E-state index contributed by atoms with van der Waals surface area (Å²) in [6, 6.07) is 0. The number of carbonyl (C=O) groups is 1. The van der Waals surface area contributed by atoms with Crippen LogP contribution in [0, 0.1) is 0 Å². The van der Waals surface area contributed by atoms with E-state index < -0.39 is 0 Å². The summed E-state index contributed by atoms with van der Waals surface area (Å²) < 4.78 is 0.387. The molecular weight excluding hydrogens is 156 g/mol. The molecule has 0 heterocycles. The molecular formula is C5H9BrO. The predicted molar refractivity (Wildman–Crippen MR) is 35.5 cm³/mol. The summed E-state index contributed by atoms with van der Waals surface area (Å²) >= 11 is 2.81. The molecule has 7 heavy (non-hydrogen) atoms. The second-order valence-electron chi connectivity index (χ2n) is 0.565. The van der Waals surface area contributed by atoms with Crippen molar-refractivity contribution < 1.29 is 4.79 Å². The fourth-order valence-corrected chi connectivity index (χ4v) is 0. The van der Waals surface area contributed by atoms with Gasteiger partial charge >= 0.3 is 0 Å². The van der Waals surface area contributed by atoms with Crippen LogP contribution in [0.4, 0.5) is 0 Å². The highest BCUT2D eigenvalue weighted by Crippen LogP contribution is 1.90. The topological polar surface area (TPSA) is 17.1 Å². The van der Waals surface area contributed by atoms with Gasteiger partial charge in [0.2, 0.25) is 0 Å². The van der Waals surface area contributed by atoms with E-state index in [1.165, 1.54) is 0 Å². The lowest BCUT2D eigenvalue weighted by molar-refractivity contribution is -0.104. The average Bonchev–Trinajstić information content (AvgIpc) is 1.73. The summed E-state index contributed by atoms with van der Waals surface area (Å²) in [7, 11) is 0. The summed E-state index contributed by atoms with van der Waals surface area (Å²) in [4.78, 5) is 9.36. The molecule has 0 rings (SSSR count). The van der Waals surface area contributed by atoms with Crippen LogP contribution in [0.15, 0.2) is 11.1 Å². The highest BCUT2D eigenvalue weighted by atomic mass is 79.9. The lowest BCUT2D eigenvalue weighted by atomic mass is 10.7. The Balaban J connectivity index is 0. The Hall–Kier alpha value is -0.110. The number of halogens is 1. The number of aldehydes is 1. The molecule has 0 aromatic heterocycles. The molecule has 42 valence electrons. The van der Waals surface area contributed by atoms with Crippen molar-refractivity contribution in [1.29, 1.82) is 0 Å². The number of rotatable bonds is 1. The van der Waals surface area contributed by atoms with Gasteiger partial charge in [-0.3, -0.25) is 4.79 Å². The van der Waals surface area contributed by atoms with Gasteiger partial charge in [0, 0.05) is 0 Å². The molecule has 0 amide bonds. The van der Waals surface area contributed by atoms with Crippen molar-refractivity contribution in [3.8, 4) is 0 Å². The fraction of sp³-hybridized carbons (Fsp3) is 0.400. The molecule has 0 aliphatic rings. The van der Waals surface area contributed by atoms with Crippen LogP contribution in [0.2, 0.25) is 0 Å². The van der Waals surface area contributed by atoms with Gasteiger partial charge in [0.05, 0.1) is 4.48 Å². The number of hydrogen-bond acceptors (Lipinski definition) is 1. The Labute approximate surface area is 52.5 Å². The molecule has 0 unspecified atom stereocenters. The standard InChI is InChI=1S/C3H3BrO.C2H6/c1-3(4)2-5;1-2/h2H,1H2;1-2H3. The third-order valence-corrected chi connectivity index (χ3v) is 0.315. The minimum atomic E-state index is 0.387. The summed E-state index contributed by atoms with van der Waals surface area (Å²) in [5.41, 5.74) is 0. The minimum Gasteiger partial charge on any atom is -0.297 e. The molecule has 2 heteroatoms. The van der Waals surface area contributed by atoms with Crippen LogP contribution in [0.3, 0.4) is 0 Å². The molecule has 0 radical (unpaired) electrons. The largest absolute Gasteiger partial charge is 0.297 e. The molecule has 0 saturated heterocycles. The highest BCUT2D eigenvalue weighted by molar-refractivity contribution is 9.12. The number of allylic oxidation sites excluding steroid dienone is 1. The Morgan fingerprint density at radius 2 is 1.86 bits per heavy atom. The van der Waals surface area contributed by atoms with Crippen molar-refractivity contribution in [3.05, 3.63) is 11.1 Å². The summed E-state index contributed by atoms with van der Waals surface area (Å²) in [6.45, 7) is 7.22. The van der Waals surface area contributed by atoms with Crippen LogP contribution in [-0.4, -0.2) is 6.29 Å². The Kier molecular flexibility index (Phi) is 13.3. The fourth-order valence-electron chi connectivity index (χ4n) is 0. The van der Waals surface area contributed by atoms with Gasteiger partial charge in [-0.1, -0.05) is 20.4 Å². The van der Waals surface area contributed by atoms with Gasteiger partial charge in [-0.15, -0.1) is 0 Å². The van der Waals surface area contributed by atoms with Crippen LogP contribution in [0.25, 0.3) is 0 Å². The molecule has 0 bridgehead atoms. The van der Waals surface area contributed by atoms with Gasteiger partial charge < -0.3 is 0 Å². The predicted octanol–water partition coefficient (Wildman–Crippen LogP) is 2.12. The number of carbonyl (C=O) groups excluding carboxylic acids is 1. The molecule has 0 saturated carbocycles. The Morgan fingerprint density at radius 1 is 1.71 bits per heavy atom. The van der Waals surface area contributed by atoms with Crippen LogP contribution in [0.1, 0.15) is 13.8 Å². The first-order chi connectivity index (χ1) is 3.27. The quantitative estimate of drug-likeness (QED) is 0.429. The Bertz CT molecular complexity index is 59.1. The van der Waals surface area contributed by atoms with Gasteiger partial charge in [-0.05, 0) is 15.9 Å². The van der Waals surface area contributed by atoms with E-state index in [9.17, 15) is 4.79 Å². The summed E-state index contributed by atoms with van der Waals surface area (Å²) in [6.07, 6.45) is 0.639. The van der Waals surface area contributed by atoms with E-state index in [2.05, 4.69) is 22.5 Å². The molecule has 0 spiro atoms. The van der Waals surface area contributed by atoms with Gasteiger partial charge in [0.25, 0.3) is 0 Å². The van der Waals surface area contributed by atoms with Gasteiger partial charge in [-0.2, -0.15) is 0 Å². The minimum absolute atomic E-state index is 0.387. The van der Waals surface area contributed by atoms with E-state index in [1.807, 2.05) is 13.8 Å². The molecule has 0 aliphatic carbocycles. The first-order valence-corrected chi connectivity index (χ1v) is 2.86.